The largest absolute Gasteiger partial charge is 0.671 e. The van der Waals surface area contributed by atoms with Gasteiger partial charge in [-0.2, -0.15) is 0 Å². The molecule has 0 aromatic heterocycles. The van der Waals surface area contributed by atoms with Gasteiger partial charge in [-0.3, -0.25) is 0 Å². The van der Waals surface area contributed by atoms with Crippen LogP contribution in [-0.2, 0) is 32.7 Å². The zero-order valence-electron chi connectivity index (χ0n) is 30.0. The Hall–Kier alpha value is -0.456. The van der Waals surface area contributed by atoms with Crippen LogP contribution in [0.4, 0.5) is 0 Å². The average molecular weight is 753 g/mol. The van der Waals surface area contributed by atoms with Crippen LogP contribution >= 0.6 is 7.92 Å². The molecule has 3 aromatic rings. The fraction of sp³-hybridized carbons (Fsp3) is 0.447. The SMILES string of the molecule is [CH2-][Si](C)(C)C.[CH2-][Si](C)(C)C.[CH2-][Si](C)(C)C.[Zr].c1ccc(C[N-]C([N-]C2CCCCC2)P(c2ccccc2)c2ccccc2)cc1. The van der Waals surface area contributed by atoms with E-state index >= 15 is 0 Å². The molecule has 45 heavy (non-hydrogen) atoms. The topological polar surface area (TPSA) is 28.2 Å². The van der Waals surface area contributed by atoms with Gasteiger partial charge >= 0.3 is 0 Å². The van der Waals surface area contributed by atoms with Gasteiger partial charge in [-0.1, -0.05) is 196 Å². The van der Waals surface area contributed by atoms with Gasteiger partial charge in [0, 0.05) is 26.2 Å². The summed E-state index contributed by atoms with van der Waals surface area (Å²) in [6, 6.07) is 32.8. The molecule has 250 valence electrons. The van der Waals surface area contributed by atoms with Gasteiger partial charge in [-0.15, -0.1) is 36.8 Å². The van der Waals surface area contributed by atoms with Crippen LogP contribution in [0.25, 0.3) is 10.6 Å². The Balaban J connectivity index is 0.00000101. The van der Waals surface area contributed by atoms with Crippen molar-refractivity contribution in [1.29, 1.82) is 0 Å². The minimum Gasteiger partial charge on any atom is -0.671 e. The second kappa shape index (κ2) is 23.0. The maximum absolute atomic E-state index is 5.37. The van der Waals surface area contributed by atoms with Gasteiger partial charge in [0.2, 0.25) is 0 Å². The predicted molar refractivity (Wildman–Crippen MR) is 213 cm³/mol. The van der Waals surface area contributed by atoms with Crippen LogP contribution in [0.1, 0.15) is 37.7 Å². The van der Waals surface area contributed by atoms with E-state index in [1.165, 1.54) is 48.3 Å². The molecule has 1 saturated carbocycles. The average Bonchev–Trinajstić information content (AvgIpc) is 2.91. The normalized spacial score (nSPS) is 14.3. The van der Waals surface area contributed by atoms with Crippen LogP contribution in [-0.4, -0.2) is 36.2 Å². The van der Waals surface area contributed by atoms with Crippen LogP contribution in [0.2, 0.25) is 58.9 Å². The molecule has 0 saturated heterocycles. The summed E-state index contributed by atoms with van der Waals surface area (Å²) in [7, 11) is -3.25. The number of nitrogens with zero attached hydrogens (tertiary/aromatic N) is 2. The third-order valence-corrected chi connectivity index (χ3v) is 7.97. The molecule has 1 aliphatic rings. The monoisotopic (exact) mass is 751 g/mol. The van der Waals surface area contributed by atoms with Crippen LogP contribution in [0.15, 0.2) is 91.0 Å². The molecule has 0 N–H and O–H groups in total. The van der Waals surface area contributed by atoms with E-state index < -0.39 is 32.1 Å². The van der Waals surface area contributed by atoms with Crippen molar-refractivity contribution in [1.82, 2.24) is 0 Å². The van der Waals surface area contributed by atoms with E-state index in [2.05, 4.69) is 170 Å². The minimum atomic E-state index is -0.861. The molecule has 4 rings (SSSR count). The molecule has 0 radical (unpaired) electrons. The maximum Gasteiger partial charge on any atom is 0 e. The molecule has 0 aliphatic heterocycles. The summed E-state index contributed by atoms with van der Waals surface area (Å²) in [6.07, 6.45) is 6.38. The van der Waals surface area contributed by atoms with Crippen molar-refractivity contribution in [2.45, 2.75) is 110 Å². The summed E-state index contributed by atoms with van der Waals surface area (Å²) in [5.41, 5.74) is 1.26. The quantitative estimate of drug-likeness (QED) is 0.125. The summed E-state index contributed by atoms with van der Waals surface area (Å²) in [5, 5.41) is 13.3. The van der Waals surface area contributed by atoms with Gasteiger partial charge in [0.1, 0.15) is 0 Å². The van der Waals surface area contributed by atoms with Crippen LogP contribution in [0.5, 0.6) is 0 Å². The minimum absolute atomic E-state index is 0. The molecule has 1 unspecified atom stereocenters. The molecule has 2 nitrogen and oxygen atoms in total. The second-order valence-electron chi connectivity index (χ2n) is 15.3. The molecular formula is C38H62N2PSi3Zr-5. The molecule has 1 aliphatic carbocycles. The molecule has 1 atom stereocenters. The summed E-state index contributed by atoms with van der Waals surface area (Å²) in [4.78, 5) is 0. The van der Waals surface area contributed by atoms with Gasteiger partial charge in [0.05, 0.1) is 0 Å². The molecule has 0 spiro atoms. The first-order valence-electron chi connectivity index (χ1n) is 16.3. The van der Waals surface area contributed by atoms with Crippen LogP contribution in [0, 0.1) is 19.6 Å². The van der Waals surface area contributed by atoms with E-state index in [4.69, 9.17) is 10.6 Å². The van der Waals surface area contributed by atoms with Gasteiger partial charge < -0.3 is 30.3 Å². The Morgan fingerprint density at radius 3 is 1.29 bits per heavy atom. The van der Waals surface area contributed by atoms with E-state index in [1.54, 1.807) is 0 Å². The Bertz CT molecular complexity index is 1020. The zero-order valence-corrected chi connectivity index (χ0v) is 36.4. The molecular weight excluding hydrogens is 691 g/mol. The van der Waals surface area contributed by atoms with Crippen LogP contribution < -0.4 is 10.6 Å². The van der Waals surface area contributed by atoms with Crippen molar-refractivity contribution in [3.05, 3.63) is 127 Å². The molecule has 0 heterocycles. The van der Waals surface area contributed by atoms with Gasteiger partial charge in [-0.25, -0.2) is 5.91 Å². The second-order valence-corrected chi connectivity index (χ2v) is 32.9. The van der Waals surface area contributed by atoms with Crippen molar-refractivity contribution in [3.63, 3.8) is 0 Å². The smallest absolute Gasteiger partial charge is 0 e. The maximum atomic E-state index is 5.37. The first-order valence-corrected chi connectivity index (χ1v) is 28.8. The fourth-order valence-electron chi connectivity index (χ4n) is 3.98. The number of benzene rings is 3. The van der Waals surface area contributed by atoms with Gasteiger partial charge in [-0.05, 0) is 10.6 Å². The van der Waals surface area contributed by atoms with Gasteiger partial charge in [0.15, 0.2) is 0 Å². The Kier molecular flexibility index (Phi) is 22.8. The third-order valence-electron chi connectivity index (χ3n) is 5.50. The van der Waals surface area contributed by atoms with Crippen molar-refractivity contribution >= 4 is 42.8 Å². The summed E-state index contributed by atoms with van der Waals surface area (Å²) in [5.74, 6) is -0.00175. The van der Waals surface area contributed by atoms with E-state index in [1.807, 2.05) is 0 Å². The van der Waals surface area contributed by atoms with Crippen molar-refractivity contribution < 1.29 is 26.2 Å². The Morgan fingerprint density at radius 1 is 0.600 bits per heavy atom. The summed E-state index contributed by atoms with van der Waals surface area (Å²) >= 11 is 0. The number of rotatable bonds is 8. The standard InChI is InChI=1S/C26H29N2P.3C4H11Si.Zr/c1-5-13-22(14-6-1)21-27-26(28-23-15-7-2-8-16-23)29(24-17-9-3-10-18-24)25-19-11-4-12-20-25;3*1-5(2,3)4;/h1,3-6,9-14,17-20,23,26H,2,7-8,15-16,21H2;3*1H2,2-4H3;/q-2;3*-1;. The van der Waals surface area contributed by atoms with Crippen molar-refractivity contribution in [3.8, 4) is 0 Å². The van der Waals surface area contributed by atoms with E-state index in [9.17, 15) is 0 Å². The molecule has 3 aromatic carbocycles. The molecule has 0 bridgehead atoms. The summed E-state index contributed by atoms with van der Waals surface area (Å²) < 4.78 is 0. The number of hydrogen-bond donors (Lipinski definition) is 0. The third kappa shape index (κ3) is 27.2. The van der Waals surface area contributed by atoms with E-state index in [0.29, 0.717) is 6.04 Å². The zero-order chi connectivity index (χ0) is 33.2. The van der Waals surface area contributed by atoms with Gasteiger partial charge in [0.25, 0.3) is 0 Å². The van der Waals surface area contributed by atoms with Crippen molar-refractivity contribution in [2.24, 2.45) is 0 Å². The molecule has 0 amide bonds. The predicted octanol–water partition coefficient (Wildman–Crippen LogP) is 11.8. The first-order chi connectivity index (χ1) is 20.4. The fourth-order valence-corrected chi connectivity index (χ4v) is 6.36. The Labute approximate surface area is 303 Å². The molecule has 7 heteroatoms. The molecule has 1 fully saturated rings. The summed E-state index contributed by atoms with van der Waals surface area (Å²) in [6.45, 7) is 32.4. The first kappa shape index (κ1) is 44.5. The van der Waals surface area contributed by atoms with E-state index in [-0.39, 0.29) is 32.1 Å². The Morgan fingerprint density at radius 2 is 0.933 bits per heavy atom. The van der Waals surface area contributed by atoms with Crippen molar-refractivity contribution in [2.75, 3.05) is 0 Å². The van der Waals surface area contributed by atoms with Crippen LogP contribution in [0.3, 0.4) is 0 Å². The number of hydrogen-bond acceptors (Lipinski definition) is 0. The van der Waals surface area contributed by atoms with E-state index in [0.717, 1.165) is 6.54 Å².